The lowest BCUT2D eigenvalue weighted by Gasteiger charge is -2.08. The van der Waals surface area contributed by atoms with Crippen LogP contribution in [0.2, 0.25) is 0 Å². The third kappa shape index (κ3) is 3.30. The highest BCUT2D eigenvalue weighted by Gasteiger charge is 2.12. The first kappa shape index (κ1) is 14.2. The molecule has 0 aliphatic rings. The van der Waals surface area contributed by atoms with Crippen molar-refractivity contribution in [2.75, 3.05) is 5.32 Å². The SMILES string of the molecule is Cc1cc(Cc2nc(-c3ccc(NC(C)C)nc3)no2)no1. The van der Waals surface area contributed by atoms with Crippen LogP contribution in [0, 0.1) is 6.92 Å². The molecular weight excluding hydrogens is 282 g/mol. The van der Waals surface area contributed by atoms with Crippen molar-refractivity contribution in [3.05, 3.63) is 41.7 Å². The van der Waals surface area contributed by atoms with Crippen molar-refractivity contribution in [3.8, 4) is 11.4 Å². The van der Waals surface area contributed by atoms with E-state index in [2.05, 4.69) is 39.4 Å². The van der Waals surface area contributed by atoms with Gasteiger partial charge in [0.2, 0.25) is 11.7 Å². The Balaban J connectivity index is 1.73. The zero-order valence-electron chi connectivity index (χ0n) is 12.7. The summed E-state index contributed by atoms with van der Waals surface area (Å²) in [5.41, 5.74) is 1.57. The Labute approximate surface area is 127 Å². The zero-order chi connectivity index (χ0) is 15.5. The van der Waals surface area contributed by atoms with Crippen molar-refractivity contribution in [2.45, 2.75) is 33.2 Å². The molecule has 0 atom stereocenters. The molecule has 114 valence electrons. The summed E-state index contributed by atoms with van der Waals surface area (Å²) in [4.78, 5) is 8.69. The maximum atomic E-state index is 5.24. The molecule has 0 bridgehead atoms. The third-order valence-electron chi connectivity index (χ3n) is 2.94. The summed E-state index contributed by atoms with van der Waals surface area (Å²) >= 11 is 0. The van der Waals surface area contributed by atoms with Crippen molar-refractivity contribution in [3.63, 3.8) is 0 Å². The molecule has 3 aromatic rings. The fourth-order valence-corrected chi connectivity index (χ4v) is 2.01. The van der Waals surface area contributed by atoms with Gasteiger partial charge in [0, 0.05) is 23.9 Å². The lowest BCUT2D eigenvalue weighted by atomic mass is 10.2. The molecule has 3 aromatic heterocycles. The van der Waals surface area contributed by atoms with Gasteiger partial charge in [0.05, 0.1) is 12.1 Å². The molecule has 3 heterocycles. The summed E-state index contributed by atoms with van der Waals surface area (Å²) in [5.74, 6) is 2.58. The van der Waals surface area contributed by atoms with Gasteiger partial charge >= 0.3 is 0 Å². The average molecular weight is 299 g/mol. The number of anilines is 1. The van der Waals surface area contributed by atoms with Gasteiger partial charge in [-0.15, -0.1) is 0 Å². The first-order valence-electron chi connectivity index (χ1n) is 7.08. The van der Waals surface area contributed by atoms with Crippen LogP contribution in [-0.4, -0.2) is 26.3 Å². The van der Waals surface area contributed by atoms with Gasteiger partial charge in [-0.1, -0.05) is 10.3 Å². The van der Waals surface area contributed by atoms with E-state index in [1.165, 1.54) is 0 Å². The minimum Gasteiger partial charge on any atom is -0.368 e. The topological polar surface area (TPSA) is 89.9 Å². The fraction of sp³-hybridized carbons (Fsp3) is 0.333. The second kappa shape index (κ2) is 5.97. The Hall–Kier alpha value is -2.70. The van der Waals surface area contributed by atoms with Gasteiger partial charge in [-0.25, -0.2) is 4.98 Å². The second-order valence-corrected chi connectivity index (χ2v) is 5.35. The number of hydrogen-bond donors (Lipinski definition) is 1. The van der Waals surface area contributed by atoms with Crippen LogP contribution < -0.4 is 5.32 Å². The summed E-state index contributed by atoms with van der Waals surface area (Å²) in [6, 6.07) is 5.98. The Morgan fingerprint density at radius 2 is 2.05 bits per heavy atom. The maximum Gasteiger partial charge on any atom is 0.233 e. The van der Waals surface area contributed by atoms with E-state index in [0.717, 1.165) is 22.8 Å². The van der Waals surface area contributed by atoms with Gasteiger partial charge in [0.25, 0.3) is 0 Å². The number of hydrogen-bond acceptors (Lipinski definition) is 7. The number of pyridine rings is 1. The monoisotopic (exact) mass is 299 g/mol. The summed E-state index contributed by atoms with van der Waals surface area (Å²) in [6.07, 6.45) is 2.17. The minimum atomic E-state index is 0.334. The van der Waals surface area contributed by atoms with Crippen molar-refractivity contribution in [1.29, 1.82) is 0 Å². The molecule has 0 radical (unpaired) electrons. The van der Waals surface area contributed by atoms with E-state index in [4.69, 9.17) is 9.05 Å². The summed E-state index contributed by atoms with van der Waals surface area (Å²) in [5, 5.41) is 11.1. The predicted molar refractivity (Wildman–Crippen MR) is 80.3 cm³/mol. The highest BCUT2D eigenvalue weighted by Crippen LogP contribution is 2.18. The first-order chi connectivity index (χ1) is 10.6. The molecule has 0 spiro atoms. The molecular formula is C15H17N5O2. The van der Waals surface area contributed by atoms with Crippen LogP contribution >= 0.6 is 0 Å². The van der Waals surface area contributed by atoms with E-state index in [1.54, 1.807) is 6.20 Å². The molecule has 0 unspecified atom stereocenters. The number of aromatic nitrogens is 4. The zero-order valence-corrected chi connectivity index (χ0v) is 12.7. The van der Waals surface area contributed by atoms with Crippen LogP contribution in [0.25, 0.3) is 11.4 Å². The normalized spacial score (nSPS) is 11.1. The molecule has 1 N–H and O–H groups in total. The molecule has 0 aromatic carbocycles. The highest BCUT2D eigenvalue weighted by molar-refractivity contribution is 5.55. The van der Waals surface area contributed by atoms with E-state index >= 15 is 0 Å². The van der Waals surface area contributed by atoms with Gasteiger partial charge in [0.1, 0.15) is 11.6 Å². The predicted octanol–water partition coefficient (Wildman–Crippen LogP) is 2.84. The van der Waals surface area contributed by atoms with Crippen molar-refractivity contribution in [1.82, 2.24) is 20.3 Å². The first-order valence-corrected chi connectivity index (χ1v) is 7.08. The van der Waals surface area contributed by atoms with Gasteiger partial charge in [-0.05, 0) is 32.9 Å². The summed E-state index contributed by atoms with van der Waals surface area (Å²) in [7, 11) is 0. The van der Waals surface area contributed by atoms with Crippen LogP contribution in [0.3, 0.4) is 0 Å². The van der Waals surface area contributed by atoms with Crippen molar-refractivity contribution < 1.29 is 9.05 Å². The molecule has 0 saturated carbocycles. The Morgan fingerprint density at radius 1 is 1.18 bits per heavy atom. The van der Waals surface area contributed by atoms with E-state index < -0.39 is 0 Å². The summed E-state index contributed by atoms with van der Waals surface area (Å²) < 4.78 is 10.3. The van der Waals surface area contributed by atoms with Gasteiger partial charge < -0.3 is 14.4 Å². The third-order valence-corrected chi connectivity index (χ3v) is 2.94. The standard InChI is InChI=1S/C15H17N5O2/c1-9(2)17-13-5-4-11(8-16-13)15-18-14(22-20-15)7-12-6-10(3)21-19-12/h4-6,8-9H,7H2,1-3H3,(H,16,17). The van der Waals surface area contributed by atoms with Crippen molar-refractivity contribution in [2.24, 2.45) is 0 Å². The van der Waals surface area contributed by atoms with Crippen LogP contribution in [0.15, 0.2) is 33.4 Å². The Kier molecular flexibility index (Phi) is 3.86. The van der Waals surface area contributed by atoms with E-state index in [-0.39, 0.29) is 0 Å². The molecule has 0 saturated heterocycles. The molecule has 7 heteroatoms. The average Bonchev–Trinajstić information content (AvgIpc) is 3.09. The van der Waals surface area contributed by atoms with Gasteiger partial charge in [0.15, 0.2) is 0 Å². The van der Waals surface area contributed by atoms with Crippen molar-refractivity contribution >= 4 is 5.82 Å². The second-order valence-electron chi connectivity index (χ2n) is 5.35. The fourth-order valence-electron chi connectivity index (χ4n) is 2.01. The van der Waals surface area contributed by atoms with Crippen LogP contribution in [0.5, 0.6) is 0 Å². The van der Waals surface area contributed by atoms with Crippen LogP contribution in [0.1, 0.15) is 31.2 Å². The lowest BCUT2D eigenvalue weighted by Crippen LogP contribution is -2.10. The van der Waals surface area contributed by atoms with E-state index in [0.29, 0.717) is 24.2 Å². The summed E-state index contributed by atoms with van der Waals surface area (Å²) in [6.45, 7) is 5.97. The lowest BCUT2D eigenvalue weighted by molar-refractivity contribution is 0.371. The number of aryl methyl sites for hydroxylation is 1. The quantitative estimate of drug-likeness (QED) is 0.774. The van der Waals surface area contributed by atoms with Crippen LogP contribution in [-0.2, 0) is 6.42 Å². The minimum absolute atomic E-state index is 0.334. The van der Waals surface area contributed by atoms with E-state index in [1.807, 2.05) is 25.1 Å². The molecule has 0 amide bonds. The van der Waals surface area contributed by atoms with E-state index in [9.17, 15) is 0 Å². The Bertz CT molecular complexity index is 745. The number of rotatable bonds is 5. The molecule has 3 rings (SSSR count). The van der Waals surface area contributed by atoms with Crippen LogP contribution in [0.4, 0.5) is 5.82 Å². The molecule has 0 fully saturated rings. The van der Waals surface area contributed by atoms with Gasteiger partial charge in [-0.3, -0.25) is 0 Å². The maximum absolute atomic E-state index is 5.24. The molecule has 7 nitrogen and oxygen atoms in total. The smallest absolute Gasteiger partial charge is 0.233 e. The number of nitrogens with one attached hydrogen (secondary N) is 1. The molecule has 22 heavy (non-hydrogen) atoms. The molecule has 0 aliphatic carbocycles. The number of nitrogens with zero attached hydrogens (tertiary/aromatic N) is 4. The Morgan fingerprint density at radius 3 is 2.68 bits per heavy atom. The molecule has 0 aliphatic heterocycles. The highest BCUT2D eigenvalue weighted by atomic mass is 16.5. The largest absolute Gasteiger partial charge is 0.368 e. The van der Waals surface area contributed by atoms with Gasteiger partial charge in [-0.2, -0.15) is 4.98 Å².